The van der Waals surface area contributed by atoms with Crippen LogP contribution in [0.4, 0.5) is 0 Å². The predicted molar refractivity (Wildman–Crippen MR) is 99.4 cm³/mol. The summed E-state index contributed by atoms with van der Waals surface area (Å²) >= 11 is 0. The van der Waals surface area contributed by atoms with Gasteiger partial charge in [0.2, 0.25) is 0 Å². The minimum absolute atomic E-state index is 0.0605. The van der Waals surface area contributed by atoms with E-state index in [1.54, 1.807) is 12.1 Å². The zero-order chi connectivity index (χ0) is 20.2. The van der Waals surface area contributed by atoms with E-state index in [-0.39, 0.29) is 64.6 Å². The van der Waals surface area contributed by atoms with Crippen LogP contribution in [0.15, 0.2) is 12.1 Å². The van der Waals surface area contributed by atoms with E-state index in [1.165, 1.54) is 14.2 Å². The molecule has 2 rings (SSSR count). The molecule has 0 saturated carbocycles. The van der Waals surface area contributed by atoms with Gasteiger partial charge in [0.1, 0.15) is 35.7 Å². The Bertz CT molecular complexity index is 668. The van der Waals surface area contributed by atoms with Gasteiger partial charge >= 0.3 is 0 Å². The van der Waals surface area contributed by atoms with Gasteiger partial charge in [-0.3, -0.25) is 0 Å². The highest BCUT2D eigenvalue weighted by atomic mass is 16.6. The van der Waals surface area contributed by atoms with E-state index in [1.807, 2.05) is 0 Å². The molecular formula is C18H26N2O8. The van der Waals surface area contributed by atoms with Crippen molar-refractivity contribution in [3.63, 3.8) is 0 Å². The minimum atomic E-state index is -0.0605. The molecule has 0 aliphatic rings. The highest BCUT2D eigenvalue weighted by Crippen LogP contribution is 2.35. The van der Waals surface area contributed by atoms with Crippen LogP contribution in [0, 0.1) is 0 Å². The van der Waals surface area contributed by atoms with E-state index in [4.69, 9.17) is 38.6 Å². The molecule has 1 aromatic heterocycles. The van der Waals surface area contributed by atoms with Crippen molar-refractivity contribution in [3.8, 4) is 23.3 Å². The Morgan fingerprint density at radius 3 is 1.46 bits per heavy atom. The van der Waals surface area contributed by atoms with Gasteiger partial charge in [0.05, 0.1) is 53.9 Å². The molecule has 0 radical (unpaired) electrons. The average molecular weight is 398 g/mol. The van der Waals surface area contributed by atoms with Crippen LogP contribution in [0.1, 0.15) is 0 Å². The second kappa shape index (κ2) is 12.1. The average Bonchev–Trinajstić information content (AvgIpc) is 2.72. The predicted octanol–water partition coefficient (Wildman–Crippen LogP) is 0.422. The summed E-state index contributed by atoms with van der Waals surface area (Å²) in [4.78, 5) is 8.97. The molecule has 0 amide bonds. The molecule has 156 valence electrons. The molecule has 1 heterocycles. The van der Waals surface area contributed by atoms with Gasteiger partial charge in [0.25, 0.3) is 11.8 Å². The number of aliphatic hydroxyl groups is 2. The summed E-state index contributed by atoms with van der Waals surface area (Å²) in [6, 6.07) is 3.46. The van der Waals surface area contributed by atoms with Gasteiger partial charge < -0.3 is 38.6 Å². The van der Waals surface area contributed by atoms with E-state index >= 15 is 0 Å². The van der Waals surface area contributed by atoms with E-state index in [0.29, 0.717) is 22.5 Å². The molecule has 2 aromatic rings. The maximum Gasteiger partial charge on any atom is 0.278 e. The van der Waals surface area contributed by atoms with Crippen molar-refractivity contribution in [2.45, 2.75) is 0 Å². The summed E-state index contributed by atoms with van der Waals surface area (Å²) in [6.07, 6.45) is 0. The smallest absolute Gasteiger partial charge is 0.278 e. The third-order valence-corrected chi connectivity index (χ3v) is 3.53. The Hall–Kier alpha value is -2.40. The van der Waals surface area contributed by atoms with Gasteiger partial charge in [-0.25, -0.2) is 9.97 Å². The second-order valence-corrected chi connectivity index (χ2v) is 5.37. The molecule has 0 fully saturated rings. The second-order valence-electron chi connectivity index (χ2n) is 5.37. The maximum absolute atomic E-state index is 8.75. The summed E-state index contributed by atoms with van der Waals surface area (Å²) < 4.78 is 32.4. The Labute approximate surface area is 162 Å². The molecule has 1 aromatic carbocycles. The van der Waals surface area contributed by atoms with Crippen molar-refractivity contribution in [3.05, 3.63) is 12.1 Å². The molecular weight excluding hydrogens is 372 g/mol. The van der Waals surface area contributed by atoms with E-state index < -0.39 is 0 Å². The van der Waals surface area contributed by atoms with Crippen LogP contribution >= 0.6 is 0 Å². The molecule has 0 saturated heterocycles. The van der Waals surface area contributed by atoms with E-state index in [0.717, 1.165) is 0 Å². The maximum atomic E-state index is 8.75. The van der Waals surface area contributed by atoms with Crippen molar-refractivity contribution < 1.29 is 38.6 Å². The topological polar surface area (TPSA) is 122 Å². The van der Waals surface area contributed by atoms with Gasteiger partial charge in [0, 0.05) is 0 Å². The number of rotatable bonds is 14. The summed E-state index contributed by atoms with van der Waals surface area (Å²) in [5, 5.41) is 17.5. The Morgan fingerprint density at radius 1 is 0.679 bits per heavy atom. The van der Waals surface area contributed by atoms with Crippen LogP contribution < -0.4 is 18.9 Å². The number of nitrogens with zero attached hydrogens (tertiary/aromatic N) is 2. The highest BCUT2D eigenvalue weighted by molar-refractivity contribution is 5.87. The molecule has 0 unspecified atom stereocenters. The lowest BCUT2D eigenvalue weighted by molar-refractivity contribution is 0.0626. The summed E-state index contributed by atoms with van der Waals surface area (Å²) in [7, 11) is 3.07. The first-order chi connectivity index (χ1) is 13.7. The number of hydrogen-bond donors (Lipinski definition) is 2. The fourth-order valence-corrected chi connectivity index (χ4v) is 2.30. The summed E-state index contributed by atoms with van der Waals surface area (Å²) in [5.74, 6) is 1.38. The van der Waals surface area contributed by atoms with Crippen LogP contribution in [-0.2, 0) is 9.47 Å². The lowest BCUT2D eigenvalue weighted by Gasteiger charge is -2.14. The first-order valence-corrected chi connectivity index (χ1v) is 8.80. The monoisotopic (exact) mass is 398 g/mol. The van der Waals surface area contributed by atoms with Crippen LogP contribution in [0.2, 0.25) is 0 Å². The van der Waals surface area contributed by atoms with Crippen LogP contribution in [-0.4, -0.2) is 87.3 Å². The lowest BCUT2D eigenvalue weighted by Crippen LogP contribution is -2.13. The number of benzene rings is 1. The van der Waals surface area contributed by atoms with Gasteiger partial charge in [-0.05, 0) is 12.1 Å². The van der Waals surface area contributed by atoms with Gasteiger partial charge in [-0.2, -0.15) is 0 Å². The van der Waals surface area contributed by atoms with Crippen molar-refractivity contribution in [2.24, 2.45) is 0 Å². The highest BCUT2D eigenvalue weighted by Gasteiger charge is 2.18. The number of aliphatic hydroxyl groups excluding tert-OH is 2. The third-order valence-electron chi connectivity index (χ3n) is 3.53. The molecule has 10 nitrogen and oxygen atoms in total. The van der Waals surface area contributed by atoms with Crippen LogP contribution in [0.5, 0.6) is 23.3 Å². The van der Waals surface area contributed by atoms with Crippen molar-refractivity contribution in [1.29, 1.82) is 0 Å². The fraction of sp³-hybridized carbons (Fsp3) is 0.556. The molecule has 0 aliphatic heterocycles. The molecule has 0 atom stereocenters. The van der Waals surface area contributed by atoms with Crippen molar-refractivity contribution >= 4 is 11.0 Å². The van der Waals surface area contributed by atoms with Crippen molar-refractivity contribution in [1.82, 2.24) is 9.97 Å². The Balaban J connectivity index is 2.25. The first kappa shape index (κ1) is 21.9. The van der Waals surface area contributed by atoms with Crippen LogP contribution in [0.3, 0.4) is 0 Å². The molecule has 28 heavy (non-hydrogen) atoms. The summed E-state index contributed by atoms with van der Waals surface area (Å²) in [5.41, 5.74) is 0.939. The number of fused-ring (bicyclic) bond motifs is 1. The number of aromatic nitrogens is 2. The standard InChI is InChI=1S/C18H26N2O8/c1-23-13-3-4-14(24-2)16-15(13)19-17(27-11-9-25-7-5-21)18(20-16)28-12-10-26-8-6-22/h3-4,21-22H,5-12H2,1-2H3. The molecule has 2 N–H and O–H groups in total. The molecule has 0 spiro atoms. The minimum Gasteiger partial charge on any atom is -0.494 e. The van der Waals surface area contributed by atoms with Crippen molar-refractivity contribution in [2.75, 3.05) is 67.1 Å². The molecule has 10 heteroatoms. The normalized spacial score (nSPS) is 10.9. The van der Waals surface area contributed by atoms with Gasteiger partial charge in [0.15, 0.2) is 0 Å². The van der Waals surface area contributed by atoms with Gasteiger partial charge in [-0.15, -0.1) is 0 Å². The van der Waals surface area contributed by atoms with Crippen LogP contribution in [0.25, 0.3) is 11.0 Å². The zero-order valence-corrected chi connectivity index (χ0v) is 16.0. The molecule has 0 aliphatic carbocycles. The summed E-state index contributed by atoms with van der Waals surface area (Å²) in [6.45, 7) is 1.27. The third kappa shape index (κ3) is 6.06. The lowest BCUT2D eigenvalue weighted by atomic mass is 10.2. The number of ether oxygens (including phenoxy) is 6. The van der Waals surface area contributed by atoms with E-state index in [9.17, 15) is 0 Å². The number of methoxy groups -OCH3 is 2. The SMILES string of the molecule is COc1ccc(OC)c2nc(OCCOCCO)c(OCCOCCO)nc12. The zero-order valence-electron chi connectivity index (χ0n) is 16.0. The Morgan fingerprint density at radius 2 is 1.11 bits per heavy atom. The first-order valence-electron chi connectivity index (χ1n) is 8.80. The molecule has 0 bridgehead atoms. The van der Waals surface area contributed by atoms with Gasteiger partial charge in [-0.1, -0.05) is 0 Å². The fourth-order valence-electron chi connectivity index (χ4n) is 2.30. The Kier molecular flexibility index (Phi) is 9.49. The number of hydrogen-bond acceptors (Lipinski definition) is 10. The largest absolute Gasteiger partial charge is 0.494 e. The van der Waals surface area contributed by atoms with E-state index in [2.05, 4.69) is 9.97 Å². The quantitative estimate of drug-likeness (QED) is 0.433.